The first-order chi connectivity index (χ1) is 8.61. The number of anilines is 2. The number of carbonyl (C=O) groups excluding carboxylic acids is 1. The fourth-order valence-electron chi connectivity index (χ4n) is 2.17. The molecule has 0 amide bonds. The highest BCUT2D eigenvalue weighted by Gasteiger charge is 2.31. The van der Waals surface area contributed by atoms with Crippen molar-refractivity contribution in [2.75, 3.05) is 18.2 Å². The maximum absolute atomic E-state index is 11.4. The molecule has 0 saturated heterocycles. The van der Waals surface area contributed by atoms with Gasteiger partial charge in [0.05, 0.1) is 13.0 Å². The molecule has 3 N–H and O–H groups in total. The van der Waals surface area contributed by atoms with Crippen molar-refractivity contribution in [2.45, 2.75) is 25.3 Å². The minimum absolute atomic E-state index is 0.0505. The van der Waals surface area contributed by atoms with Crippen molar-refractivity contribution in [2.24, 2.45) is 5.92 Å². The van der Waals surface area contributed by atoms with Crippen LogP contribution in [-0.2, 0) is 9.53 Å². The molecule has 0 spiro atoms. The molecule has 0 radical (unpaired) electrons. The van der Waals surface area contributed by atoms with Gasteiger partial charge in [0, 0.05) is 6.04 Å². The van der Waals surface area contributed by atoms with Crippen molar-refractivity contribution in [3.63, 3.8) is 0 Å². The second kappa shape index (κ2) is 5.39. The van der Waals surface area contributed by atoms with Gasteiger partial charge >= 0.3 is 5.97 Å². The Labute approximate surface area is 110 Å². The summed E-state index contributed by atoms with van der Waals surface area (Å²) in [6.07, 6.45) is 3.76. The van der Waals surface area contributed by atoms with Crippen LogP contribution < -0.4 is 11.1 Å². The first kappa shape index (κ1) is 12.9. The largest absolute Gasteiger partial charge is 0.469 e. The van der Waals surface area contributed by atoms with E-state index in [0.717, 1.165) is 12.8 Å². The molecule has 2 rings (SSSR count). The number of esters is 1. The second-order valence-corrected chi connectivity index (χ2v) is 4.67. The number of aromatic nitrogens is 2. The van der Waals surface area contributed by atoms with Crippen molar-refractivity contribution < 1.29 is 9.53 Å². The fraction of sp³-hybridized carbons (Fsp3) is 0.545. The van der Waals surface area contributed by atoms with Gasteiger partial charge in [-0.15, -0.1) is 0 Å². The zero-order chi connectivity index (χ0) is 13.1. The molecule has 0 aliphatic heterocycles. The van der Waals surface area contributed by atoms with E-state index in [0.29, 0.717) is 17.3 Å². The van der Waals surface area contributed by atoms with Gasteiger partial charge in [-0.25, -0.2) is 9.97 Å². The lowest BCUT2D eigenvalue weighted by atomic mass is 10.1. The third-order valence-corrected chi connectivity index (χ3v) is 3.50. The van der Waals surface area contributed by atoms with Crippen molar-refractivity contribution in [1.82, 2.24) is 9.97 Å². The molecule has 0 bridgehead atoms. The molecule has 1 aromatic heterocycles. The number of halogens is 1. The molecule has 1 aromatic rings. The Balaban J connectivity index is 1.99. The van der Waals surface area contributed by atoms with Crippen LogP contribution >= 0.6 is 11.6 Å². The zero-order valence-corrected chi connectivity index (χ0v) is 10.8. The molecular formula is C11H15ClN4O2. The number of nitrogens with one attached hydrogen (secondary N) is 1. The lowest BCUT2D eigenvalue weighted by Gasteiger charge is -2.14. The van der Waals surface area contributed by atoms with Crippen molar-refractivity contribution in [3.8, 4) is 0 Å². The average Bonchev–Trinajstić information content (AvgIpc) is 2.82. The van der Waals surface area contributed by atoms with Gasteiger partial charge in [0.25, 0.3) is 0 Å². The van der Waals surface area contributed by atoms with Gasteiger partial charge in [0.1, 0.15) is 17.2 Å². The Morgan fingerprint density at radius 1 is 1.56 bits per heavy atom. The predicted molar refractivity (Wildman–Crippen MR) is 68.2 cm³/mol. The number of nitrogens with two attached hydrogens (primary N) is 1. The van der Waals surface area contributed by atoms with E-state index in [1.54, 1.807) is 0 Å². The first-order valence-electron chi connectivity index (χ1n) is 5.72. The Hall–Kier alpha value is -1.56. The number of nitrogens with zero attached hydrogens (tertiary/aromatic N) is 2. The van der Waals surface area contributed by atoms with E-state index in [1.807, 2.05) is 0 Å². The number of methoxy groups -OCH3 is 1. The van der Waals surface area contributed by atoms with Crippen LogP contribution in [0.25, 0.3) is 0 Å². The van der Waals surface area contributed by atoms with Gasteiger partial charge in [-0.1, -0.05) is 11.6 Å². The molecule has 6 nitrogen and oxygen atoms in total. The molecule has 1 saturated carbocycles. The van der Waals surface area contributed by atoms with Crippen molar-refractivity contribution in [1.29, 1.82) is 0 Å². The smallest absolute Gasteiger partial charge is 0.308 e. The normalized spacial score (nSPS) is 22.8. The molecular weight excluding hydrogens is 256 g/mol. The van der Waals surface area contributed by atoms with Crippen molar-refractivity contribution >= 4 is 29.2 Å². The Morgan fingerprint density at radius 3 is 3.06 bits per heavy atom. The lowest BCUT2D eigenvalue weighted by Crippen LogP contribution is -2.19. The highest BCUT2D eigenvalue weighted by atomic mass is 35.5. The topological polar surface area (TPSA) is 90.1 Å². The fourth-order valence-corrected chi connectivity index (χ4v) is 2.32. The molecule has 98 valence electrons. The van der Waals surface area contributed by atoms with E-state index >= 15 is 0 Å². The van der Waals surface area contributed by atoms with E-state index < -0.39 is 0 Å². The van der Waals surface area contributed by atoms with Crippen molar-refractivity contribution in [3.05, 3.63) is 11.3 Å². The molecule has 1 aliphatic rings. The number of ether oxygens (including phenoxy) is 1. The molecule has 7 heteroatoms. The average molecular weight is 271 g/mol. The molecule has 0 unspecified atom stereocenters. The predicted octanol–water partition coefficient (Wildman–Crippen LogP) is 1.47. The van der Waals surface area contributed by atoms with E-state index in [2.05, 4.69) is 15.3 Å². The second-order valence-electron chi connectivity index (χ2n) is 4.30. The van der Waals surface area contributed by atoms with Gasteiger partial charge in [0.2, 0.25) is 0 Å². The minimum Gasteiger partial charge on any atom is -0.469 e. The molecule has 1 heterocycles. The SMILES string of the molecule is COC(=O)[C@H]1CC[C@@H](Nc2ncnc(N)c2Cl)C1. The Bertz CT molecular complexity index is 455. The number of nitrogen functional groups attached to an aromatic ring is 1. The summed E-state index contributed by atoms with van der Waals surface area (Å²) >= 11 is 5.99. The Morgan fingerprint density at radius 2 is 2.33 bits per heavy atom. The third kappa shape index (κ3) is 2.64. The molecule has 0 aromatic carbocycles. The van der Waals surface area contributed by atoms with E-state index in [4.69, 9.17) is 22.1 Å². The van der Waals surface area contributed by atoms with Crippen LogP contribution in [0.3, 0.4) is 0 Å². The van der Waals surface area contributed by atoms with Crippen LogP contribution in [0.5, 0.6) is 0 Å². The summed E-state index contributed by atoms with van der Waals surface area (Å²) in [7, 11) is 1.41. The van der Waals surface area contributed by atoms with Gasteiger partial charge in [-0.05, 0) is 19.3 Å². The summed E-state index contributed by atoms with van der Waals surface area (Å²) in [5.74, 6) is 0.550. The summed E-state index contributed by atoms with van der Waals surface area (Å²) in [6, 6.07) is 0.154. The number of carbonyl (C=O) groups is 1. The van der Waals surface area contributed by atoms with Gasteiger partial charge in [-0.3, -0.25) is 4.79 Å². The zero-order valence-electron chi connectivity index (χ0n) is 10.0. The quantitative estimate of drug-likeness (QED) is 0.809. The summed E-state index contributed by atoms with van der Waals surface area (Å²) < 4.78 is 4.74. The molecule has 1 fully saturated rings. The number of hydrogen-bond donors (Lipinski definition) is 2. The van der Waals surface area contributed by atoms with Crippen LogP contribution in [0.15, 0.2) is 6.33 Å². The van der Waals surface area contributed by atoms with Crippen LogP contribution in [0.4, 0.5) is 11.6 Å². The van der Waals surface area contributed by atoms with E-state index in [9.17, 15) is 4.79 Å². The Kier molecular flexibility index (Phi) is 3.86. The minimum atomic E-state index is -0.160. The summed E-state index contributed by atoms with van der Waals surface area (Å²) in [5, 5.41) is 3.51. The van der Waals surface area contributed by atoms with Crippen LogP contribution in [-0.4, -0.2) is 29.1 Å². The van der Waals surface area contributed by atoms with Gasteiger partial charge < -0.3 is 15.8 Å². The maximum Gasteiger partial charge on any atom is 0.308 e. The lowest BCUT2D eigenvalue weighted by molar-refractivity contribution is -0.145. The molecule has 1 aliphatic carbocycles. The highest BCUT2D eigenvalue weighted by molar-refractivity contribution is 6.35. The maximum atomic E-state index is 11.4. The van der Waals surface area contributed by atoms with Crippen LogP contribution in [0.1, 0.15) is 19.3 Å². The van der Waals surface area contributed by atoms with Gasteiger partial charge in [-0.2, -0.15) is 0 Å². The number of rotatable bonds is 3. The standard InChI is InChI=1S/C11H15ClN4O2/c1-18-11(17)6-2-3-7(4-6)16-10-8(12)9(13)14-5-15-10/h5-7H,2-4H2,1H3,(H3,13,14,15,16)/t6-,7+/m0/s1. The van der Waals surface area contributed by atoms with Crippen LogP contribution in [0, 0.1) is 5.92 Å². The molecule has 18 heavy (non-hydrogen) atoms. The monoisotopic (exact) mass is 270 g/mol. The van der Waals surface area contributed by atoms with Gasteiger partial charge in [0.15, 0.2) is 5.82 Å². The van der Waals surface area contributed by atoms with E-state index in [-0.39, 0.29) is 23.7 Å². The van der Waals surface area contributed by atoms with Crippen LogP contribution in [0.2, 0.25) is 5.02 Å². The first-order valence-corrected chi connectivity index (χ1v) is 6.10. The summed E-state index contributed by atoms with van der Waals surface area (Å²) in [5.41, 5.74) is 5.59. The third-order valence-electron chi connectivity index (χ3n) is 3.12. The van der Waals surface area contributed by atoms with E-state index in [1.165, 1.54) is 13.4 Å². The summed E-state index contributed by atoms with van der Waals surface area (Å²) in [6.45, 7) is 0. The highest BCUT2D eigenvalue weighted by Crippen LogP contribution is 2.31. The molecule has 2 atom stereocenters. The number of hydrogen-bond acceptors (Lipinski definition) is 6. The summed E-state index contributed by atoms with van der Waals surface area (Å²) in [4.78, 5) is 19.2.